The lowest BCUT2D eigenvalue weighted by atomic mass is 9.92. The summed E-state index contributed by atoms with van der Waals surface area (Å²) < 4.78 is 28.2. The number of aromatic nitrogens is 1. The van der Waals surface area contributed by atoms with Crippen molar-refractivity contribution in [2.24, 2.45) is 11.8 Å². The number of rotatable bonds is 6. The van der Waals surface area contributed by atoms with Gasteiger partial charge in [0.2, 0.25) is 0 Å². The Bertz CT molecular complexity index is 720. The predicted octanol–water partition coefficient (Wildman–Crippen LogP) is 0.616. The summed E-state index contributed by atoms with van der Waals surface area (Å²) in [4.78, 5) is 18.6. The lowest BCUT2D eigenvalue weighted by Gasteiger charge is -2.24. The van der Waals surface area contributed by atoms with Gasteiger partial charge in [-0.2, -0.15) is 17.4 Å². The maximum atomic E-state index is 12.8. The Morgan fingerprint density at radius 2 is 2.04 bits per heavy atom. The molecule has 0 unspecified atom stereocenters. The summed E-state index contributed by atoms with van der Waals surface area (Å²) in [5.74, 6) is 0.814. The minimum absolute atomic E-state index is 0.0595. The molecule has 1 amide bonds. The van der Waals surface area contributed by atoms with Crippen LogP contribution in [0.4, 0.5) is 5.82 Å². The number of hydrogen-bond donors (Lipinski definition) is 2. The number of pyridine rings is 1. The van der Waals surface area contributed by atoms with E-state index in [1.54, 1.807) is 30.3 Å². The number of hydrogen-bond acceptors (Lipinski definition) is 5. The zero-order chi connectivity index (χ0) is 18.8. The standard InChI is InChI=1S/C16H27N5O3S/c1-11(2)13-9-21(10-14(13)19-25(23,24)20(4)5)16(22)12-6-7-18-15(8-12)17-3/h6-8,11,13-14,19H,9-10H2,1-5H3,(H,17,18)/t13-,14+/m0/s1. The van der Waals surface area contributed by atoms with Gasteiger partial charge >= 0.3 is 0 Å². The quantitative estimate of drug-likeness (QED) is 0.766. The molecule has 1 aromatic rings. The average Bonchev–Trinajstić information content (AvgIpc) is 2.97. The SMILES string of the molecule is CNc1cc(C(=O)N2C[C@@H](NS(=O)(=O)N(C)C)[C@H](C(C)C)C2)ccn1. The van der Waals surface area contributed by atoms with Gasteiger partial charge in [0, 0.05) is 52.0 Å². The van der Waals surface area contributed by atoms with Gasteiger partial charge in [-0.1, -0.05) is 13.8 Å². The maximum absolute atomic E-state index is 12.8. The highest BCUT2D eigenvalue weighted by Crippen LogP contribution is 2.26. The molecule has 0 spiro atoms. The molecule has 0 saturated carbocycles. The fraction of sp³-hybridized carbons (Fsp3) is 0.625. The fourth-order valence-corrected chi connectivity index (χ4v) is 3.82. The second-order valence-electron chi connectivity index (χ2n) is 6.81. The van der Waals surface area contributed by atoms with Crippen LogP contribution in [0.3, 0.4) is 0 Å². The number of likely N-dealkylation sites (tertiary alicyclic amines) is 1. The molecule has 140 valence electrons. The van der Waals surface area contributed by atoms with Gasteiger partial charge in [0.1, 0.15) is 5.82 Å². The van der Waals surface area contributed by atoms with Crippen LogP contribution in [0.1, 0.15) is 24.2 Å². The van der Waals surface area contributed by atoms with Crippen molar-refractivity contribution in [1.29, 1.82) is 0 Å². The molecule has 2 rings (SSSR count). The zero-order valence-corrected chi connectivity index (χ0v) is 16.2. The molecule has 0 aromatic carbocycles. The van der Waals surface area contributed by atoms with Crippen molar-refractivity contribution in [3.63, 3.8) is 0 Å². The molecule has 2 atom stereocenters. The molecule has 1 aliphatic heterocycles. The molecule has 9 heteroatoms. The first kappa shape index (κ1) is 19.6. The number of carbonyl (C=O) groups excluding carboxylic acids is 1. The van der Waals surface area contributed by atoms with Crippen molar-refractivity contribution in [2.45, 2.75) is 19.9 Å². The van der Waals surface area contributed by atoms with Crippen molar-refractivity contribution >= 4 is 21.9 Å². The highest BCUT2D eigenvalue weighted by Gasteiger charge is 2.39. The Balaban J connectivity index is 2.19. The van der Waals surface area contributed by atoms with Crippen LogP contribution in [0.25, 0.3) is 0 Å². The zero-order valence-electron chi connectivity index (χ0n) is 15.4. The summed E-state index contributed by atoms with van der Waals surface area (Å²) in [6.07, 6.45) is 1.58. The molecule has 1 fully saturated rings. The van der Waals surface area contributed by atoms with Crippen LogP contribution in [-0.2, 0) is 10.2 Å². The smallest absolute Gasteiger partial charge is 0.279 e. The molecule has 25 heavy (non-hydrogen) atoms. The van der Waals surface area contributed by atoms with E-state index in [0.29, 0.717) is 24.5 Å². The predicted molar refractivity (Wildman–Crippen MR) is 97.5 cm³/mol. The first-order chi connectivity index (χ1) is 11.7. The highest BCUT2D eigenvalue weighted by molar-refractivity contribution is 7.87. The Labute approximate surface area is 149 Å². The number of anilines is 1. The van der Waals surface area contributed by atoms with E-state index in [4.69, 9.17) is 0 Å². The third-order valence-electron chi connectivity index (χ3n) is 4.55. The molecule has 0 aliphatic carbocycles. The van der Waals surface area contributed by atoms with Gasteiger partial charge in [0.15, 0.2) is 0 Å². The first-order valence-corrected chi connectivity index (χ1v) is 9.72. The van der Waals surface area contributed by atoms with Crippen molar-refractivity contribution in [3.05, 3.63) is 23.9 Å². The molecule has 1 aliphatic rings. The van der Waals surface area contributed by atoms with E-state index in [2.05, 4.69) is 15.0 Å². The summed E-state index contributed by atoms with van der Waals surface area (Å²) in [6, 6.07) is 3.07. The number of amides is 1. The van der Waals surface area contributed by atoms with Gasteiger partial charge < -0.3 is 10.2 Å². The van der Waals surface area contributed by atoms with E-state index in [9.17, 15) is 13.2 Å². The van der Waals surface area contributed by atoms with E-state index < -0.39 is 10.2 Å². The minimum Gasteiger partial charge on any atom is -0.373 e. The molecule has 2 heterocycles. The normalized spacial score (nSPS) is 21.2. The van der Waals surface area contributed by atoms with Crippen LogP contribution in [0, 0.1) is 11.8 Å². The summed E-state index contributed by atoms with van der Waals surface area (Å²) >= 11 is 0. The second kappa shape index (κ2) is 7.67. The van der Waals surface area contributed by atoms with E-state index in [-0.39, 0.29) is 23.8 Å². The van der Waals surface area contributed by atoms with Crippen LogP contribution < -0.4 is 10.0 Å². The van der Waals surface area contributed by atoms with Crippen molar-refractivity contribution < 1.29 is 13.2 Å². The highest BCUT2D eigenvalue weighted by atomic mass is 32.2. The van der Waals surface area contributed by atoms with Crippen LogP contribution in [0.5, 0.6) is 0 Å². The second-order valence-corrected chi connectivity index (χ2v) is 8.73. The monoisotopic (exact) mass is 369 g/mol. The number of carbonyl (C=O) groups is 1. The van der Waals surface area contributed by atoms with Gasteiger partial charge in [-0.15, -0.1) is 0 Å². The third-order valence-corrected chi connectivity index (χ3v) is 6.11. The van der Waals surface area contributed by atoms with E-state index in [1.165, 1.54) is 14.1 Å². The number of nitrogens with zero attached hydrogens (tertiary/aromatic N) is 3. The minimum atomic E-state index is -3.55. The Morgan fingerprint density at radius 3 is 2.60 bits per heavy atom. The van der Waals surface area contributed by atoms with Crippen LogP contribution >= 0.6 is 0 Å². The van der Waals surface area contributed by atoms with Crippen molar-refractivity contribution in [3.8, 4) is 0 Å². The van der Waals surface area contributed by atoms with Crippen LogP contribution in [0.2, 0.25) is 0 Å². The Kier molecular flexibility index (Phi) is 6.02. The fourth-order valence-electron chi connectivity index (χ4n) is 2.97. The lowest BCUT2D eigenvalue weighted by Crippen LogP contribution is -2.46. The molecular formula is C16H27N5O3S. The third kappa shape index (κ3) is 4.47. The lowest BCUT2D eigenvalue weighted by molar-refractivity contribution is 0.0783. The first-order valence-electron chi connectivity index (χ1n) is 8.28. The van der Waals surface area contributed by atoms with Crippen molar-refractivity contribution in [1.82, 2.24) is 18.9 Å². The van der Waals surface area contributed by atoms with Crippen molar-refractivity contribution in [2.75, 3.05) is 39.5 Å². The van der Waals surface area contributed by atoms with Crippen LogP contribution in [0.15, 0.2) is 18.3 Å². The van der Waals surface area contributed by atoms with Crippen LogP contribution in [-0.4, -0.2) is 68.8 Å². The van der Waals surface area contributed by atoms with Gasteiger partial charge in [-0.05, 0) is 24.0 Å². The summed E-state index contributed by atoms with van der Waals surface area (Å²) in [7, 11) is 1.17. The molecular weight excluding hydrogens is 342 g/mol. The number of nitrogens with one attached hydrogen (secondary N) is 2. The topological polar surface area (TPSA) is 94.6 Å². The van der Waals surface area contributed by atoms with Gasteiger partial charge in [0.25, 0.3) is 16.1 Å². The Hall–Kier alpha value is -1.71. The summed E-state index contributed by atoms with van der Waals surface area (Å²) in [5, 5.41) is 2.91. The summed E-state index contributed by atoms with van der Waals surface area (Å²) in [5.41, 5.74) is 0.540. The van der Waals surface area contributed by atoms with Gasteiger partial charge in [-0.25, -0.2) is 4.98 Å². The molecule has 1 saturated heterocycles. The molecule has 8 nitrogen and oxygen atoms in total. The van der Waals surface area contributed by atoms with E-state index in [0.717, 1.165) is 4.31 Å². The average molecular weight is 369 g/mol. The van der Waals surface area contributed by atoms with E-state index >= 15 is 0 Å². The molecule has 0 bridgehead atoms. The Morgan fingerprint density at radius 1 is 1.36 bits per heavy atom. The van der Waals surface area contributed by atoms with E-state index in [1.807, 2.05) is 13.8 Å². The maximum Gasteiger partial charge on any atom is 0.279 e. The van der Waals surface area contributed by atoms with Gasteiger partial charge in [-0.3, -0.25) is 4.79 Å². The summed E-state index contributed by atoms with van der Waals surface area (Å²) in [6.45, 7) is 4.96. The molecule has 2 N–H and O–H groups in total. The molecule has 0 radical (unpaired) electrons. The molecule has 1 aromatic heterocycles. The van der Waals surface area contributed by atoms with Gasteiger partial charge in [0.05, 0.1) is 0 Å². The largest absolute Gasteiger partial charge is 0.373 e.